The number of amides is 1. The summed E-state index contributed by atoms with van der Waals surface area (Å²) in [4.78, 5) is 16.6. The summed E-state index contributed by atoms with van der Waals surface area (Å²) >= 11 is 0. The van der Waals surface area contributed by atoms with Crippen molar-refractivity contribution in [3.63, 3.8) is 0 Å². The van der Waals surface area contributed by atoms with E-state index < -0.39 is 0 Å². The second-order valence-electron chi connectivity index (χ2n) is 7.29. The first kappa shape index (κ1) is 15.8. The van der Waals surface area contributed by atoms with E-state index >= 15 is 0 Å². The number of nitrogens with one attached hydrogen (secondary N) is 1. The predicted molar refractivity (Wildman–Crippen MR) is 84.8 cm³/mol. The Kier molecular flexibility index (Phi) is 5.08. The highest BCUT2D eigenvalue weighted by atomic mass is 16.1. The minimum absolute atomic E-state index is 0. The lowest BCUT2D eigenvalue weighted by molar-refractivity contribution is -0.124. The Balaban J connectivity index is 0.00000220. The van der Waals surface area contributed by atoms with Crippen molar-refractivity contribution in [3.8, 4) is 0 Å². The van der Waals surface area contributed by atoms with Crippen molar-refractivity contribution in [2.45, 2.75) is 46.6 Å². The number of carbonyl (C=O) groups excluding carboxylic acids is 1. The molecule has 2 fully saturated rings. The van der Waals surface area contributed by atoms with Crippen LogP contribution in [-0.2, 0) is 4.79 Å². The topological polar surface area (TPSA) is 35.6 Å². The molecule has 0 saturated carbocycles. The molecule has 1 amide bonds. The minimum atomic E-state index is 0. The number of rotatable bonds is 5. The molecular formula is C16H33N3O. The Labute approximate surface area is 125 Å². The van der Waals surface area contributed by atoms with Gasteiger partial charge in [-0.1, -0.05) is 13.8 Å². The lowest BCUT2D eigenvalue weighted by Gasteiger charge is -2.55. The monoisotopic (exact) mass is 283 g/mol. The normalized spacial score (nSPS) is 23.3. The SMILES string of the molecule is CC(C)C(=O)NCCN1CCC2(CC1)CN(C(C)C)C2.[HH]. The summed E-state index contributed by atoms with van der Waals surface area (Å²) < 4.78 is 0. The van der Waals surface area contributed by atoms with E-state index in [-0.39, 0.29) is 13.3 Å². The highest BCUT2D eigenvalue weighted by Crippen LogP contribution is 2.41. The van der Waals surface area contributed by atoms with Crippen LogP contribution >= 0.6 is 0 Å². The standard InChI is InChI=1S/C16H31N3O.H2/c1-13(2)15(20)17-7-10-18-8-5-16(6-9-18)11-19(12-16)14(3)4;/h13-14H,5-12H2,1-4H3,(H,17,20);1H. The van der Waals surface area contributed by atoms with E-state index in [1.54, 1.807) is 0 Å². The van der Waals surface area contributed by atoms with Crippen LogP contribution in [0.2, 0.25) is 0 Å². The zero-order chi connectivity index (χ0) is 14.8. The van der Waals surface area contributed by atoms with E-state index in [0.717, 1.165) is 13.1 Å². The van der Waals surface area contributed by atoms with E-state index in [2.05, 4.69) is 29.0 Å². The molecule has 2 aliphatic rings. The van der Waals surface area contributed by atoms with E-state index in [4.69, 9.17) is 0 Å². The Morgan fingerprint density at radius 2 is 1.80 bits per heavy atom. The van der Waals surface area contributed by atoms with Gasteiger partial charge in [0, 0.05) is 39.6 Å². The Morgan fingerprint density at radius 1 is 1.20 bits per heavy atom. The van der Waals surface area contributed by atoms with Crippen molar-refractivity contribution in [2.24, 2.45) is 11.3 Å². The molecule has 2 aliphatic heterocycles. The third-order valence-electron chi connectivity index (χ3n) is 4.98. The average molecular weight is 283 g/mol. The highest BCUT2D eigenvalue weighted by molar-refractivity contribution is 5.77. The first-order valence-electron chi connectivity index (χ1n) is 8.16. The van der Waals surface area contributed by atoms with Crippen molar-refractivity contribution in [2.75, 3.05) is 39.3 Å². The molecule has 2 heterocycles. The predicted octanol–water partition coefficient (Wildman–Crippen LogP) is 1.81. The van der Waals surface area contributed by atoms with Crippen LogP contribution in [0.15, 0.2) is 0 Å². The molecule has 4 nitrogen and oxygen atoms in total. The Morgan fingerprint density at radius 3 is 2.30 bits per heavy atom. The quantitative estimate of drug-likeness (QED) is 0.836. The van der Waals surface area contributed by atoms with Crippen molar-refractivity contribution in [3.05, 3.63) is 0 Å². The first-order valence-corrected chi connectivity index (χ1v) is 8.16. The number of carbonyl (C=O) groups is 1. The molecule has 0 aliphatic carbocycles. The van der Waals surface area contributed by atoms with Crippen molar-refractivity contribution < 1.29 is 6.22 Å². The van der Waals surface area contributed by atoms with Gasteiger partial charge in [0.15, 0.2) is 0 Å². The minimum Gasteiger partial charge on any atom is -0.355 e. The van der Waals surface area contributed by atoms with Crippen LogP contribution < -0.4 is 5.32 Å². The summed E-state index contributed by atoms with van der Waals surface area (Å²) in [7, 11) is 0. The van der Waals surface area contributed by atoms with Gasteiger partial charge in [-0.2, -0.15) is 0 Å². The van der Waals surface area contributed by atoms with Gasteiger partial charge in [0.25, 0.3) is 0 Å². The van der Waals surface area contributed by atoms with E-state index in [9.17, 15) is 4.79 Å². The van der Waals surface area contributed by atoms with Crippen LogP contribution in [0.25, 0.3) is 0 Å². The summed E-state index contributed by atoms with van der Waals surface area (Å²) in [5, 5.41) is 3.01. The fourth-order valence-electron chi connectivity index (χ4n) is 3.29. The summed E-state index contributed by atoms with van der Waals surface area (Å²) in [5.41, 5.74) is 0.613. The summed E-state index contributed by atoms with van der Waals surface area (Å²) in [6.07, 6.45) is 2.66. The number of likely N-dealkylation sites (tertiary alicyclic amines) is 2. The first-order chi connectivity index (χ1) is 9.42. The second kappa shape index (κ2) is 6.44. The molecule has 1 N–H and O–H groups in total. The number of piperidine rings is 1. The maximum Gasteiger partial charge on any atom is 0.222 e. The van der Waals surface area contributed by atoms with Crippen LogP contribution in [-0.4, -0.2) is 61.0 Å². The van der Waals surface area contributed by atoms with Gasteiger partial charge in [-0.15, -0.1) is 0 Å². The van der Waals surface area contributed by atoms with Crippen LogP contribution in [0.4, 0.5) is 0 Å². The van der Waals surface area contributed by atoms with Crippen LogP contribution in [0.1, 0.15) is 42.0 Å². The summed E-state index contributed by atoms with van der Waals surface area (Å²) in [5.74, 6) is 0.265. The summed E-state index contributed by atoms with van der Waals surface area (Å²) in [6, 6.07) is 0.699. The molecule has 118 valence electrons. The van der Waals surface area contributed by atoms with Gasteiger partial charge in [0.05, 0.1) is 0 Å². The zero-order valence-electron chi connectivity index (χ0n) is 13.6. The maximum atomic E-state index is 11.5. The Hall–Kier alpha value is -0.610. The van der Waals surface area contributed by atoms with Crippen LogP contribution in [0.5, 0.6) is 0 Å². The molecule has 2 saturated heterocycles. The van der Waals surface area contributed by atoms with Crippen LogP contribution in [0.3, 0.4) is 0 Å². The van der Waals surface area contributed by atoms with Gasteiger partial charge >= 0.3 is 0 Å². The molecule has 2 rings (SSSR count). The summed E-state index contributed by atoms with van der Waals surface area (Å²) in [6.45, 7) is 15.2. The van der Waals surface area contributed by atoms with Crippen molar-refractivity contribution >= 4 is 5.91 Å². The third kappa shape index (κ3) is 3.73. The average Bonchev–Trinajstić information content (AvgIpc) is 2.36. The molecule has 0 atom stereocenters. The third-order valence-corrected chi connectivity index (χ3v) is 4.98. The molecule has 0 aromatic rings. The second-order valence-corrected chi connectivity index (χ2v) is 7.29. The lowest BCUT2D eigenvalue weighted by Crippen LogP contribution is -2.62. The van der Waals surface area contributed by atoms with Crippen molar-refractivity contribution in [1.82, 2.24) is 15.1 Å². The van der Waals surface area contributed by atoms with E-state index in [1.165, 1.54) is 39.0 Å². The van der Waals surface area contributed by atoms with Gasteiger partial charge < -0.3 is 10.2 Å². The van der Waals surface area contributed by atoms with E-state index in [0.29, 0.717) is 11.5 Å². The van der Waals surface area contributed by atoms with Crippen molar-refractivity contribution in [1.29, 1.82) is 0 Å². The van der Waals surface area contributed by atoms with Gasteiger partial charge in [0.2, 0.25) is 5.91 Å². The fourth-order valence-corrected chi connectivity index (χ4v) is 3.29. The van der Waals surface area contributed by atoms with Gasteiger partial charge in [-0.05, 0) is 45.2 Å². The maximum absolute atomic E-state index is 11.5. The number of nitrogens with zero attached hydrogens (tertiary/aromatic N) is 2. The molecule has 0 radical (unpaired) electrons. The fraction of sp³-hybridized carbons (Fsp3) is 0.938. The van der Waals surface area contributed by atoms with Gasteiger partial charge in [-0.3, -0.25) is 9.69 Å². The number of hydrogen-bond acceptors (Lipinski definition) is 3. The molecular weight excluding hydrogens is 250 g/mol. The molecule has 20 heavy (non-hydrogen) atoms. The largest absolute Gasteiger partial charge is 0.355 e. The smallest absolute Gasteiger partial charge is 0.222 e. The molecule has 0 bridgehead atoms. The molecule has 4 heteroatoms. The Bertz CT molecular complexity index is 330. The zero-order valence-corrected chi connectivity index (χ0v) is 13.6. The highest BCUT2D eigenvalue weighted by Gasteiger charge is 2.45. The molecule has 1 spiro atoms. The van der Waals surface area contributed by atoms with Crippen LogP contribution in [0, 0.1) is 11.3 Å². The lowest BCUT2D eigenvalue weighted by atomic mass is 9.71. The van der Waals surface area contributed by atoms with E-state index in [1.807, 2.05) is 13.8 Å². The molecule has 0 aromatic carbocycles. The molecule has 0 aromatic heterocycles. The van der Waals surface area contributed by atoms with Gasteiger partial charge in [-0.25, -0.2) is 0 Å². The molecule has 0 unspecified atom stereocenters. The number of hydrogen-bond donors (Lipinski definition) is 1. The van der Waals surface area contributed by atoms with Gasteiger partial charge in [0.1, 0.15) is 0 Å².